The van der Waals surface area contributed by atoms with Crippen LogP contribution < -0.4 is 16.6 Å². The van der Waals surface area contributed by atoms with Crippen LogP contribution in [-0.2, 0) is 39.5 Å². The summed E-state index contributed by atoms with van der Waals surface area (Å²) in [6, 6.07) is 4.86. The number of ether oxygens (including phenoxy) is 1. The molecule has 1 fully saturated rings. The number of aromatic nitrogens is 2. The molecule has 4 heterocycles. The van der Waals surface area contributed by atoms with Crippen LogP contribution in [0.25, 0.3) is 22.3 Å². The Balaban J connectivity index is 1.54. The first-order valence-corrected chi connectivity index (χ1v) is 12.9. The van der Waals surface area contributed by atoms with Crippen LogP contribution in [-0.4, -0.2) is 39.6 Å². The Morgan fingerprint density at radius 1 is 1.26 bits per heavy atom. The fourth-order valence-corrected chi connectivity index (χ4v) is 5.82. The number of rotatable bonds is 6. The Morgan fingerprint density at radius 2 is 2.03 bits per heavy atom. The summed E-state index contributed by atoms with van der Waals surface area (Å²) in [5.74, 6) is -1.38. The number of cyclic esters (lactones) is 1. The molecule has 9 nitrogen and oxygen atoms in total. The molecular weight excluding hydrogens is 491 g/mol. The van der Waals surface area contributed by atoms with Crippen LogP contribution in [0, 0.1) is 18.2 Å². The monoisotopic (exact) mass is 520 g/mol. The van der Waals surface area contributed by atoms with Crippen LogP contribution in [0.2, 0.25) is 0 Å². The van der Waals surface area contributed by atoms with Gasteiger partial charge in [0.25, 0.3) is 5.56 Å². The average molecular weight is 521 g/mol. The minimum Gasteiger partial charge on any atom is -0.458 e. The Labute approximate surface area is 217 Å². The third-order valence-corrected chi connectivity index (χ3v) is 8.44. The van der Waals surface area contributed by atoms with Gasteiger partial charge in [-0.2, -0.15) is 0 Å². The molecule has 1 aromatic carbocycles. The summed E-state index contributed by atoms with van der Waals surface area (Å²) in [5.41, 5.74) is 7.33. The Kier molecular flexibility index (Phi) is 5.48. The Hall–Kier alpha value is -3.63. The van der Waals surface area contributed by atoms with Crippen molar-refractivity contribution < 1.29 is 23.8 Å². The molecule has 198 valence electrons. The van der Waals surface area contributed by atoms with Crippen molar-refractivity contribution in [2.45, 2.75) is 58.3 Å². The summed E-state index contributed by atoms with van der Waals surface area (Å²) in [7, 11) is 0. The predicted molar refractivity (Wildman–Crippen MR) is 137 cm³/mol. The second kappa shape index (κ2) is 8.44. The molecule has 0 spiro atoms. The number of aliphatic hydroxyl groups is 1. The largest absolute Gasteiger partial charge is 0.458 e. The van der Waals surface area contributed by atoms with E-state index < -0.39 is 11.6 Å². The lowest BCUT2D eigenvalue weighted by atomic mass is 9.85. The van der Waals surface area contributed by atoms with Gasteiger partial charge in [-0.1, -0.05) is 6.92 Å². The molecule has 1 saturated carbocycles. The fourth-order valence-electron chi connectivity index (χ4n) is 5.82. The van der Waals surface area contributed by atoms with Crippen molar-refractivity contribution in [1.29, 1.82) is 0 Å². The zero-order valence-electron chi connectivity index (χ0n) is 21.3. The van der Waals surface area contributed by atoms with Gasteiger partial charge >= 0.3 is 5.97 Å². The molecule has 0 unspecified atom stereocenters. The van der Waals surface area contributed by atoms with Crippen LogP contribution in [0.4, 0.5) is 4.39 Å². The highest BCUT2D eigenvalue weighted by molar-refractivity contribution is 5.89. The second-order valence-corrected chi connectivity index (χ2v) is 10.8. The first kappa shape index (κ1) is 24.7. The number of benzene rings is 1. The molecule has 2 aromatic heterocycles. The van der Waals surface area contributed by atoms with Crippen LogP contribution in [0.3, 0.4) is 0 Å². The van der Waals surface area contributed by atoms with E-state index in [1.165, 1.54) is 6.07 Å². The van der Waals surface area contributed by atoms with Crippen molar-refractivity contribution in [3.63, 3.8) is 0 Å². The number of fused-ring (bicyclic) bond motifs is 5. The summed E-state index contributed by atoms with van der Waals surface area (Å²) in [6.45, 7) is 3.81. The van der Waals surface area contributed by atoms with Crippen molar-refractivity contribution in [2.75, 3.05) is 13.1 Å². The number of hydrogen-bond donors (Lipinski definition) is 3. The number of pyridine rings is 2. The molecule has 4 N–H and O–H groups in total. The normalized spacial score (nSPS) is 20.5. The van der Waals surface area contributed by atoms with Crippen molar-refractivity contribution in [3.8, 4) is 11.4 Å². The number of aryl methyl sites for hydroxylation is 1. The SMILES string of the molecule is CC[C@@]1(O)C(=O)OCc2c1cc1n(c2=O)Cc2c-1nc1cc(F)c(C)cc1c2CC1(CNC(=O)CN)CC1. The molecule has 0 radical (unpaired) electrons. The molecular formula is C28H29FN4O5. The standard InChI is InChI=1S/C28H29FN4O5/c1-3-28(37)19-7-22-24-17(11-33(22)25(35)18(19)12-38-26(28)36)16(9-27(4-5-27)13-31-23(34)10-30)15-6-14(2)20(29)8-21(15)32-24/h6-8,37H,3-5,9-13,30H2,1-2H3,(H,31,34)/t28-/m0/s1. The third kappa shape index (κ3) is 3.58. The van der Waals surface area contributed by atoms with E-state index in [1.54, 1.807) is 30.5 Å². The lowest BCUT2D eigenvalue weighted by molar-refractivity contribution is -0.172. The van der Waals surface area contributed by atoms with E-state index >= 15 is 0 Å². The van der Waals surface area contributed by atoms with Crippen LogP contribution in [0.1, 0.15) is 54.0 Å². The number of hydrogen-bond acceptors (Lipinski definition) is 7. The molecule has 1 atom stereocenters. The highest BCUT2D eigenvalue weighted by Crippen LogP contribution is 2.50. The molecule has 2 aliphatic heterocycles. The lowest BCUT2D eigenvalue weighted by Gasteiger charge is -2.31. The predicted octanol–water partition coefficient (Wildman–Crippen LogP) is 1.92. The summed E-state index contributed by atoms with van der Waals surface area (Å²) in [4.78, 5) is 42.8. The number of nitrogens with zero attached hydrogens (tertiary/aromatic N) is 2. The molecule has 3 aromatic rings. The molecule has 10 heteroatoms. The van der Waals surface area contributed by atoms with E-state index in [0.29, 0.717) is 35.4 Å². The van der Waals surface area contributed by atoms with E-state index in [9.17, 15) is 23.9 Å². The topological polar surface area (TPSA) is 137 Å². The van der Waals surface area contributed by atoms with Crippen LogP contribution in [0.15, 0.2) is 23.0 Å². The van der Waals surface area contributed by atoms with Gasteiger partial charge in [-0.05, 0) is 61.3 Å². The maximum absolute atomic E-state index is 14.7. The van der Waals surface area contributed by atoms with Crippen molar-refractivity contribution in [1.82, 2.24) is 14.9 Å². The van der Waals surface area contributed by atoms with E-state index in [0.717, 1.165) is 29.4 Å². The van der Waals surface area contributed by atoms with E-state index in [4.69, 9.17) is 15.5 Å². The first-order valence-electron chi connectivity index (χ1n) is 12.9. The number of halogens is 1. The number of nitrogens with two attached hydrogens (primary N) is 1. The van der Waals surface area contributed by atoms with Gasteiger partial charge in [0.2, 0.25) is 5.91 Å². The van der Waals surface area contributed by atoms with Gasteiger partial charge < -0.3 is 25.5 Å². The first-order chi connectivity index (χ1) is 18.1. The van der Waals surface area contributed by atoms with E-state index in [1.807, 2.05) is 0 Å². The number of esters is 1. The van der Waals surface area contributed by atoms with Crippen LogP contribution in [0.5, 0.6) is 0 Å². The summed E-state index contributed by atoms with van der Waals surface area (Å²) >= 11 is 0. The van der Waals surface area contributed by atoms with Crippen molar-refractivity contribution >= 4 is 22.8 Å². The summed E-state index contributed by atoms with van der Waals surface area (Å²) in [5, 5.41) is 14.9. The number of carbonyl (C=O) groups is 2. The van der Waals surface area contributed by atoms with E-state index in [-0.39, 0.29) is 59.9 Å². The maximum Gasteiger partial charge on any atom is 0.343 e. The molecule has 1 amide bonds. The molecule has 38 heavy (non-hydrogen) atoms. The molecule has 0 saturated heterocycles. The van der Waals surface area contributed by atoms with Gasteiger partial charge in [0.15, 0.2) is 5.60 Å². The second-order valence-electron chi connectivity index (χ2n) is 10.8. The van der Waals surface area contributed by atoms with Gasteiger partial charge in [-0.15, -0.1) is 0 Å². The minimum absolute atomic E-state index is 0.0481. The molecule has 3 aliphatic rings. The summed E-state index contributed by atoms with van der Waals surface area (Å²) < 4.78 is 21.4. The molecule has 1 aliphatic carbocycles. The van der Waals surface area contributed by atoms with Gasteiger partial charge in [-0.3, -0.25) is 9.59 Å². The van der Waals surface area contributed by atoms with Gasteiger partial charge in [0.05, 0.1) is 35.6 Å². The number of carbonyl (C=O) groups excluding carboxylic acids is 2. The van der Waals surface area contributed by atoms with Gasteiger partial charge in [0, 0.05) is 29.1 Å². The van der Waals surface area contributed by atoms with Gasteiger partial charge in [0.1, 0.15) is 12.4 Å². The Bertz CT molecular complexity index is 1610. The quantitative estimate of drug-likeness (QED) is 0.331. The third-order valence-electron chi connectivity index (χ3n) is 8.44. The Morgan fingerprint density at radius 3 is 2.71 bits per heavy atom. The highest BCUT2D eigenvalue weighted by Gasteiger charge is 2.47. The number of nitrogens with one attached hydrogen (secondary N) is 1. The smallest absolute Gasteiger partial charge is 0.343 e. The lowest BCUT2D eigenvalue weighted by Crippen LogP contribution is -2.44. The molecule has 0 bridgehead atoms. The average Bonchev–Trinajstić information content (AvgIpc) is 3.58. The zero-order chi connectivity index (χ0) is 27.0. The van der Waals surface area contributed by atoms with E-state index in [2.05, 4.69) is 5.32 Å². The van der Waals surface area contributed by atoms with Crippen molar-refractivity contribution in [3.05, 3.63) is 62.2 Å². The van der Waals surface area contributed by atoms with Crippen molar-refractivity contribution in [2.24, 2.45) is 11.1 Å². The van der Waals surface area contributed by atoms with Crippen LogP contribution >= 0.6 is 0 Å². The minimum atomic E-state index is -1.92. The highest BCUT2D eigenvalue weighted by atomic mass is 19.1. The zero-order valence-corrected chi connectivity index (χ0v) is 21.3. The fraction of sp³-hybridized carbons (Fsp3) is 0.429. The van der Waals surface area contributed by atoms with Gasteiger partial charge in [-0.25, -0.2) is 14.2 Å². The maximum atomic E-state index is 14.7. The number of amides is 1. The summed E-state index contributed by atoms with van der Waals surface area (Å²) in [6.07, 6.45) is 2.50. The molecule has 6 rings (SSSR count).